The summed E-state index contributed by atoms with van der Waals surface area (Å²) in [7, 11) is 0. The summed E-state index contributed by atoms with van der Waals surface area (Å²) in [6, 6.07) is 1.38. The molecule has 1 aromatic heterocycles. The van der Waals surface area contributed by atoms with Crippen molar-refractivity contribution in [1.82, 2.24) is 9.99 Å². The highest BCUT2D eigenvalue weighted by Crippen LogP contribution is 2.19. The van der Waals surface area contributed by atoms with Gasteiger partial charge in [-0.15, -0.1) is 0 Å². The average Bonchev–Trinajstić information content (AvgIpc) is 2.93. The molecule has 0 aliphatic carbocycles. The van der Waals surface area contributed by atoms with Crippen LogP contribution >= 0.6 is 0 Å². The van der Waals surface area contributed by atoms with Gasteiger partial charge in [0.15, 0.2) is 0 Å². The summed E-state index contributed by atoms with van der Waals surface area (Å²) in [4.78, 5) is 10.6. The molecule has 2 rings (SSSR count). The molecule has 19 heavy (non-hydrogen) atoms. The van der Waals surface area contributed by atoms with Crippen LogP contribution in [-0.4, -0.2) is 29.5 Å². The van der Waals surface area contributed by atoms with E-state index >= 15 is 0 Å². The van der Waals surface area contributed by atoms with Crippen molar-refractivity contribution in [2.24, 2.45) is 10.8 Å². The predicted molar refractivity (Wildman–Crippen MR) is 73.2 cm³/mol. The number of urea groups is 1. The maximum Gasteiger partial charge on any atom is 0.332 e. The molecule has 0 bridgehead atoms. The van der Waals surface area contributed by atoms with E-state index in [0.717, 1.165) is 42.9 Å². The van der Waals surface area contributed by atoms with E-state index in [9.17, 15) is 4.79 Å². The lowest BCUT2D eigenvalue weighted by Crippen LogP contribution is -2.24. The quantitative estimate of drug-likeness (QED) is 0.634. The lowest BCUT2D eigenvalue weighted by Gasteiger charge is -2.14. The molecular weight excluding hydrogens is 244 g/mol. The van der Waals surface area contributed by atoms with Crippen molar-refractivity contribution in [2.75, 3.05) is 6.61 Å². The molecule has 3 N–H and O–H groups in total. The Balaban J connectivity index is 2.09. The minimum absolute atomic E-state index is 0.304. The van der Waals surface area contributed by atoms with Gasteiger partial charge in [-0.1, -0.05) is 0 Å². The Morgan fingerprint density at radius 1 is 1.68 bits per heavy atom. The number of hydrogen-bond acceptors (Lipinski definition) is 3. The SMILES string of the molecule is Cc1cc(/C=N\NC(N)=O)c(C)n1C[C@H]1CCCO1. The smallest absolute Gasteiger partial charge is 0.332 e. The number of hydrazone groups is 1. The Labute approximate surface area is 112 Å². The lowest BCUT2D eigenvalue weighted by molar-refractivity contribution is 0.0962. The van der Waals surface area contributed by atoms with Crippen LogP contribution < -0.4 is 11.2 Å². The first kappa shape index (κ1) is 13.6. The average molecular weight is 264 g/mol. The van der Waals surface area contributed by atoms with Crippen LogP contribution in [0.4, 0.5) is 4.79 Å². The third-order valence-corrected chi connectivity index (χ3v) is 3.40. The number of rotatable bonds is 4. The predicted octanol–water partition coefficient (Wildman–Crippen LogP) is 1.29. The zero-order valence-electron chi connectivity index (χ0n) is 11.3. The number of carbonyl (C=O) groups excluding carboxylic acids is 1. The number of carbonyl (C=O) groups is 1. The van der Waals surface area contributed by atoms with Crippen LogP contribution in [0.3, 0.4) is 0 Å². The molecule has 0 unspecified atom stereocenters. The van der Waals surface area contributed by atoms with Gasteiger partial charge in [-0.2, -0.15) is 5.10 Å². The van der Waals surface area contributed by atoms with E-state index in [1.54, 1.807) is 6.21 Å². The van der Waals surface area contributed by atoms with E-state index in [2.05, 4.69) is 22.0 Å². The second kappa shape index (κ2) is 5.88. The highest BCUT2D eigenvalue weighted by Gasteiger charge is 2.18. The number of hydrogen-bond donors (Lipinski definition) is 2. The van der Waals surface area contributed by atoms with Gasteiger partial charge in [0.1, 0.15) is 0 Å². The van der Waals surface area contributed by atoms with Gasteiger partial charge in [-0.05, 0) is 32.8 Å². The third-order valence-electron chi connectivity index (χ3n) is 3.40. The van der Waals surface area contributed by atoms with Crippen LogP contribution in [0.25, 0.3) is 0 Å². The van der Waals surface area contributed by atoms with Gasteiger partial charge >= 0.3 is 6.03 Å². The Hall–Kier alpha value is -1.82. The molecule has 104 valence electrons. The van der Waals surface area contributed by atoms with E-state index in [0.29, 0.717) is 6.10 Å². The molecule has 2 amide bonds. The fourth-order valence-electron chi connectivity index (χ4n) is 2.40. The monoisotopic (exact) mass is 264 g/mol. The fraction of sp³-hybridized carbons (Fsp3) is 0.538. The van der Waals surface area contributed by atoms with Gasteiger partial charge in [0.2, 0.25) is 0 Å². The summed E-state index contributed by atoms with van der Waals surface area (Å²) in [5.74, 6) is 0. The van der Waals surface area contributed by atoms with Gasteiger partial charge < -0.3 is 15.0 Å². The molecule has 1 aromatic rings. The molecule has 2 heterocycles. The third kappa shape index (κ3) is 3.35. The number of ether oxygens (including phenoxy) is 1. The second-order valence-electron chi connectivity index (χ2n) is 4.81. The first-order chi connectivity index (χ1) is 9.08. The van der Waals surface area contributed by atoms with E-state index in [-0.39, 0.29) is 0 Å². The molecule has 0 spiro atoms. The van der Waals surface area contributed by atoms with Crippen LogP contribution in [0.1, 0.15) is 29.8 Å². The molecule has 0 aromatic carbocycles. The molecule has 1 aliphatic heterocycles. The summed E-state index contributed by atoms with van der Waals surface area (Å²) >= 11 is 0. The molecule has 1 atom stereocenters. The van der Waals surface area contributed by atoms with Crippen molar-refractivity contribution >= 4 is 12.2 Å². The Bertz CT molecular complexity index is 487. The molecule has 6 heteroatoms. The zero-order valence-corrected chi connectivity index (χ0v) is 11.3. The maximum atomic E-state index is 10.6. The minimum atomic E-state index is -0.663. The fourth-order valence-corrected chi connectivity index (χ4v) is 2.40. The Morgan fingerprint density at radius 2 is 2.47 bits per heavy atom. The van der Waals surface area contributed by atoms with Crippen LogP contribution in [0.2, 0.25) is 0 Å². The zero-order chi connectivity index (χ0) is 13.8. The number of aryl methyl sites for hydroxylation is 1. The highest BCUT2D eigenvalue weighted by atomic mass is 16.5. The standard InChI is InChI=1S/C13H20N4O2/c1-9-6-11(7-15-16-13(14)18)10(2)17(9)8-12-4-3-5-19-12/h6-7,12H,3-5,8H2,1-2H3,(H3,14,16,18)/b15-7-/t12-/m1/s1. The molecule has 1 saturated heterocycles. The first-order valence-corrected chi connectivity index (χ1v) is 6.44. The number of amides is 2. The highest BCUT2D eigenvalue weighted by molar-refractivity contribution is 5.83. The second-order valence-corrected chi connectivity index (χ2v) is 4.81. The molecule has 1 fully saturated rings. The van der Waals surface area contributed by atoms with Crippen molar-refractivity contribution < 1.29 is 9.53 Å². The summed E-state index contributed by atoms with van der Waals surface area (Å²) in [5, 5.41) is 3.79. The topological polar surface area (TPSA) is 81.6 Å². The molecule has 0 radical (unpaired) electrons. The van der Waals surface area contributed by atoms with Crippen LogP contribution in [0.15, 0.2) is 11.2 Å². The number of nitrogens with zero attached hydrogens (tertiary/aromatic N) is 2. The molecule has 0 saturated carbocycles. The van der Waals surface area contributed by atoms with Crippen LogP contribution in [-0.2, 0) is 11.3 Å². The van der Waals surface area contributed by atoms with Gasteiger partial charge in [-0.3, -0.25) is 0 Å². The van der Waals surface area contributed by atoms with E-state index < -0.39 is 6.03 Å². The van der Waals surface area contributed by atoms with Gasteiger partial charge in [-0.25, -0.2) is 10.2 Å². The first-order valence-electron chi connectivity index (χ1n) is 6.44. The number of aromatic nitrogens is 1. The van der Waals surface area contributed by atoms with Crippen LogP contribution in [0.5, 0.6) is 0 Å². The number of nitrogens with one attached hydrogen (secondary N) is 1. The minimum Gasteiger partial charge on any atom is -0.376 e. The van der Waals surface area contributed by atoms with E-state index in [4.69, 9.17) is 10.5 Å². The number of primary amides is 1. The largest absolute Gasteiger partial charge is 0.376 e. The van der Waals surface area contributed by atoms with Crippen molar-refractivity contribution in [2.45, 2.75) is 39.3 Å². The summed E-state index contributed by atoms with van der Waals surface area (Å²) in [6.07, 6.45) is 4.17. The van der Waals surface area contributed by atoms with Gasteiger partial charge in [0.05, 0.1) is 12.3 Å². The van der Waals surface area contributed by atoms with Crippen molar-refractivity contribution in [1.29, 1.82) is 0 Å². The molecular formula is C13H20N4O2. The van der Waals surface area contributed by atoms with Crippen molar-refractivity contribution in [3.05, 3.63) is 23.0 Å². The van der Waals surface area contributed by atoms with Gasteiger partial charge in [0, 0.05) is 30.1 Å². The van der Waals surface area contributed by atoms with Crippen molar-refractivity contribution in [3.8, 4) is 0 Å². The molecule has 1 aliphatic rings. The lowest BCUT2D eigenvalue weighted by atomic mass is 10.2. The Kier molecular flexibility index (Phi) is 4.21. The van der Waals surface area contributed by atoms with E-state index in [1.165, 1.54) is 0 Å². The number of nitrogens with two attached hydrogens (primary N) is 1. The maximum absolute atomic E-state index is 10.6. The van der Waals surface area contributed by atoms with Crippen molar-refractivity contribution in [3.63, 3.8) is 0 Å². The van der Waals surface area contributed by atoms with E-state index in [1.807, 2.05) is 13.0 Å². The summed E-state index contributed by atoms with van der Waals surface area (Å²) < 4.78 is 7.88. The van der Waals surface area contributed by atoms with Gasteiger partial charge in [0.25, 0.3) is 0 Å². The molecule has 6 nitrogen and oxygen atoms in total. The summed E-state index contributed by atoms with van der Waals surface area (Å²) in [6.45, 7) is 5.82. The normalized spacial score (nSPS) is 19.2. The summed E-state index contributed by atoms with van der Waals surface area (Å²) in [5.41, 5.74) is 10.4. The van der Waals surface area contributed by atoms with Crippen LogP contribution in [0, 0.1) is 13.8 Å². The Morgan fingerprint density at radius 3 is 3.11 bits per heavy atom.